The van der Waals surface area contributed by atoms with E-state index in [-0.39, 0.29) is 5.91 Å². The van der Waals surface area contributed by atoms with Crippen LogP contribution in [0.4, 0.5) is 11.6 Å². The zero-order valence-electron chi connectivity index (χ0n) is 13.9. The number of carbonyl (C=O) groups excluding carboxylic acids is 1. The maximum absolute atomic E-state index is 12.2. The molecule has 1 N–H and O–H groups in total. The average Bonchev–Trinajstić information content (AvgIpc) is 2.65. The molecule has 1 aliphatic rings. The van der Waals surface area contributed by atoms with Gasteiger partial charge in [-0.1, -0.05) is 12.1 Å². The summed E-state index contributed by atoms with van der Waals surface area (Å²) in [6.45, 7) is 3.57. The van der Waals surface area contributed by atoms with Crippen LogP contribution in [0.5, 0.6) is 0 Å². The van der Waals surface area contributed by atoms with Gasteiger partial charge in [0.15, 0.2) is 0 Å². The number of carbonyl (C=O) groups is 1. The van der Waals surface area contributed by atoms with Crippen molar-refractivity contribution in [2.24, 2.45) is 0 Å². The van der Waals surface area contributed by atoms with E-state index in [0.29, 0.717) is 13.0 Å². The van der Waals surface area contributed by atoms with Crippen LogP contribution in [0.25, 0.3) is 0 Å². The van der Waals surface area contributed by atoms with Gasteiger partial charge in [0.1, 0.15) is 0 Å². The summed E-state index contributed by atoms with van der Waals surface area (Å²) >= 11 is 0. The van der Waals surface area contributed by atoms with Crippen molar-refractivity contribution >= 4 is 17.5 Å². The molecule has 0 atom stereocenters. The second-order valence-corrected chi connectivity index (χ2v) is 5.89. The number of nitriles is 1. The number of hydrogen-bond donors (Lipinski definition) is 1. The Morgan fingerprint density at radius 1 is 1.12 bits per heavy atom. The zero-order valence-corrected chi connectivity index (χ0v) is 13.9. The van der Waals surface area contributed by atoms with Crippen molar-refractivity contribution in [1.82, 2.24) is 14.9 Å². The van der Waals surface area contributed by atoms with Gasteiger partial charge in [0, 0.05) is 44.3 Å². The lowest BCUT2D eigenvalue weighted by molar-refractivity contribution is -0.117. The maximum Gasteiger partial charge on any atom is 0.238 e. The van der Waals surface area contributed by atoms with Crippen molar-refractivity contribution in [2.45, 2.75) is 6.42 Å². The van der Waals surface area contributed by atoms with Crippen molar-refractivity contribution in [3.8, 4) is 6.07 Å². The molecular formula is C18H20N6O. The summed E-state index contributed by atoms with van der Waals surface area (Å²) in [7, 11) is 0. The highest BCUT2D eigenvalue weighted by atomic mass is 16.2. The van der Waals surface area contributed by atoms with Gasteiger partial charge in [-0.3, -0.25) is 9.69 Å². The lowest BCUT2D eigenvalue weighted by atomic mass is 10.1. The number of anilines is 2. The molecule has 7 nitrogen and oxygen atoms in total. The third-order valence-corrected chi connectivity index (χ3v) is 4.10. The molecule has 0 spiro atoms. The number of rotatable bonds is 5. The van der Waals surface area contributed by atoms with Gasteiger partial charge in [-0.2, -0.15) is 5.26 Å². The van der Waals surface area contributed by atoms with Crippen molar-refractivity contribution < 1.29 is 4.79 Å². The zero-order chi connectivity index (χ0) is 17.5. The molecule has 0 aliphatic carbocycles. The minimum atomic E-state index is -0.0301. The topological polar surface area (TPSA) is 85.2 Å². The summed E-state index contributed by atoms with van der Waals surface area (Å²) in [4.78, 5) is 25.0. The Hall–Kier alpha value is -2.98. The van der Waals surface area contributed by atoms with Crippen LogP contribution in [0.3, 0.4) is 0 Å². The van der Waals surface area contributed by atoms with Crippen molar-refractivity contribution in [3.63, 3.8) is 0 Å². The second kappa shape index (κ2) is 8.22. The molecule has 0 bridgehead atoms. The number of amides is 1. The molecule has 25 heavy (non-hydrogen) atoms. The minimum absolute atomic E-state index is 0.0301. The van der Waals surface area contributed by atoms with E-state index < -0.39 is 0 Å². The van der Waals surface area contributed by atoms with E-state index >= 15 is 0 Å². The van der Waals surface area contributed by atoms with E-state index in [2.05, 4.69) is 31.2 Å². The van der Waals surface area contributed by atoms with Crippen LogP contribution in [0.15, 0.2) is 42.7 Å². The molecular weight excluding hydrogens is 316 g/mol. The van der Waals surface area contributed by atoms with Crippen molar-refractivity contribution in [1.29, 1.82) is 5.26 Å². The standard InChI is InChI=1S/C18H20N6O/c19-7-6-15-2-4-16(5-3-15)22-17(25)14-23-10-12-24(13-11-23)18-20-8-1-9-21-18/h1-5,8-9H,6,10-14H2,(H,22,25). The molecule has 0 saturated carbocycles. The minimum Gasteiger partial charge on any atom is -0.338 e. The predicted molar refractivity (Wildman–Crippen MR) is 95.1 cm³/mol. The molecule has 0 unspecified atom stereocenters. The van der Waals surface area contributed by atoms with Crippen LogP contribution in [0, 0.1) is 11.3 Å². The normalized spacial score (nSPS) is 14.8. The number of nitrogens with zero attached hydrogens (tertiary/aromatic N) is 5. The maximum atomic E-state index is 12.2. The molecule has 1 aliphatic heterocycles. The SMILES string of the molecule is N#CCc1ccc(NC(=O)CN2CCN(c3ncccn3)CC2)cc1. The van der Waals surface area contributed by atoms with E-state index in [4.69, 9.17) is 5.26 Å². The molecule has 3 rings (SSSR count). The number of benzene rings is 1. The lowest BCUT2D eigenvalue weighted by Gasteiger charge is -2.34. The monoisotopic (exact) mass is 336 g/mol. The van der Waals surface area contributed by atoms with E-state index in [1.165, 1.54) is 0 Å². The highest BCUT2D eigenvalue weighted by Crippen LogP contribution is 2.12. The Morgan fingerprint density at radius 3 is 2.44 bits per heavy atom. The second-order valence-electron chi connectivity index (χ2n) is 5.89. The van der Waals surface area contributed by atoms with Gasteiger partial charge in [0.2, 0.25) is 11.9 Å². The van der Waals surface area contributed by atoms with Crippen LogP contribution < -0.4 is 10.2 Å². The van der Waals surface area contributed by atoms with Gasteiger partial charge >= 0.3 is 0 Å². The number of nitrogens with one attached hydrogen (secondary N) is 1. The first-order valence-electron chi connectivity index (χ1n) is 8.24. The number of aromatic nitrogens is 2. The van der Waals surface area contributed by atoms with E-state index in [9.17, 15) is 4.79 Å². The number of piperazine rings is 1. The first-order chi connectivity index (χ1) is 12.2. The summed E-state index contributed by atoms with van der Waals surface area (Å²) in [5.41, 5.74) is 1.70. The highest BCUT2D eigenvalue weighted by Gasteiger charge is 2.20. The Morgan fingerprint density at radius 2 is 1.80 bits per heavy atom. The Labute approximate surface area is 146 Å². The van der Waals surface area contributed by atoms with Gasteiger partial charge < -0.3 is 10.2 Å². The number of hydrogen-bond acceptors (Lipinski definition) is 6. The van der Waals surface area contributed by atoms with Gasteiger partial charge in [-0.05, 0) is 23.8 Å². The van der Waals surface area contributed by atoms with Crippen LogP contribution >= 0.6 is 0 Å². The molecule has 1 amide bonds. The van der Waals surface area contributed by atoms with Gasteiger partial charge in [-0.25, -0.2) is 9.97 Å². The molecule has 7 heteroatoms. The van der Waals surface area contributed by atoms with Crippen molar-refractivity contribution in [2.75, 3.05) is 42.9 Å². The fourth-order valence-electron chi connectivity index (χ4n) is 2.76. The molecule has 1 saturated heterocycles. The summed E-state index contributed by atoms with van der Waals surface area (Å²) in [5.74, 6) is 0.710. The van der Waals surface area contributed by atoms with Gasteiger partial charge in [0.25, 0.3) is 0 Å². The summed E-state index contributed by atoms with van der Waals surface area (Å²) in [6.07, 6.45) is 3.86. The smallest absolute Gasteiger partial charge is 0.238 e. The molecule has 2 heterocycles. The molecule has 1 aromatic heterocycles. The lowest BCUT2D eigenvalue weighted by Crippen LogP contribution is -2.49. The van der Waals surface area contributed by atoms with Crippen LogP contribution in [-0.4, -0.2) is 53.5 Å². The quantitative estimate of drug-likeness (QED) is 0.886. The Kier molecular flexibility index (Phi) is 5.54. The van der Waals surface area contributed by atoms with Crippen LogP contribution in [0.2, 0.25) is 0 Å². The van der Waals surface area contributed by atoms with Crippen LogP contribution in [0.1, 0.15) is 5.56 Å². The first-order valence-corrected chi connectivity index (χ1v) is 8.24. The Balaban J connectivity index is 1.45. The molecule has 0 radical (unpaired) electrons. The third-order valence-electron chi connectivity index (χ3n) is 4.10. The van der Waals surface area contributed by atoms with Crippen molar-refractivity contribution in [3.05, 3.63) is 48.3 Å². The van der Waals surface area contributed by atoms with E-state index in [0.717, 1.165) is 43.4 Å². The summed E-state index contributed by atoms with van der Waals surface area (Å²) < 4.78 is 0. The fraction of sp³-hybridized carbons (Fsp3) is 0.333. The summed E-state index contributed by atoms with van der Waals surface area (Å²) in [6, 6.07) is 11.3. The van der Waals surface area contributed by atoms with Gasteiger partial charge in [0.05, 0.1) is 19.0 Å². The first kappa shape index (κ1) is 16.9. The van der Waals surface area contributed by atoms with E-state index in [1.807, 2.05) is 24.3 Å². The van der Waals surface area contributed by atoms with Gasteiger partial charge in [-0.15, -0.1) is 0 Å². The molecule has 128 valence electrons. The average molecular weight is 336 g/mol. The van der Waals surface area contributed by atoms with E-state index in [1.54, 1.807) is 18.5 Å². The molecule has 1 aromatic carbocycles. The predicted octanol–water partition coefficient (Wildman–Crippen LogP) is 1.30. The fourth-order valence-corrected chi connectivity index (χ4v) is 2.76. The highest BCUT2D eigenvalue weighted by molar-refractivity contribution is 5.92. The third kappa shape index (κ3) is 4.75. The van der Waals surface area contributed by atoms with Crippen LogP contribution in [-0.2, 0) is 11.2 Å². The molecule has 1 fully saturated rings. The Bertz CT molecular complexity index is 732. The molecule has 2 aromatic rings. The largest absolute Gasteiger partial charge is 0.338 e. The summed E-state index contributed by atoms with van der Waals surface area (Å²) in [5, 5.41) is 11.6.